The smallest absolute Gasteiger partial charge is 0.227 e. The Morgan fingerprint density at radius 1 is 1.85 bits per heavy atom. The van der Waals surface area contributed by atoms with Gasteiger partial charge in [0.1, 0.15) is 0 Å². The number of hydrogen-bond acceptors (Lipinski definition) is 3. The highest BCUT2D eigenvalue weighted by Gasteiger charge is 2.22. The number of guanidine groups is 1. The monoisotopic (exact) mass is 179 g/mol. The Hall–Kier alpha value is -1.57. The molecule has 5 nitrogen and oxygen atoms in total. The quantitative estimate of drug-likeness (QED) is 0.253. The number of aliphatic imine (C=N–C) groups is 1. The molecule has 0 aromatic rings. The average molecular weight is 179 g/mol. The molecule has 5 heteroatoms. The van der Waals surface area contributed by atoms with Crippen LogP contribution in [0.1, 0.15) is 13.8 Å². The normalized spacial score (nSPS) is 22.6. The summed E-state index contributed by atoms with van der Waals surface area (Å²) in [6, 6.07) is 0. The number of nitrogens with zero attached hydrogens (tertiary/aromatic N) is 4. The van der Waals surface area contributed by atoms with Gasteiger partial charge in [0.25, 0.3) is 0 Å². The summed E-state index contributed by atoms with van der Waals surface area (Å²) in [7, 11) is 1.63. The third-order valence-electron chi connectivity index (χ3n) is 2.06. The molecule has 0 aliphatic carbocycles. The van der Waals surface area contributed by atoms with Crippen molar-refractivity contribution in [3.8, 4) is 6.19 Å². The van der Waals surface area contributed by atoms with Gasteiger partial charge in [-0.25, -0.2) is 5.01 Å². The first-order valence-electron chi connectivity index (χ1n) is 4.13. The molecule has 0 bridgehead atoms. The topological polar surface area (TPSA) is 63.8 Å². The zero-order valence-corrected chi connectivity index (χ0v) is 8.07. The molecule has 0 radical (unpaired) electrons. The first-order chi connectivity index (χ1) is 6.19. The maximum atomic E-state index is 8.44. The van der Waals surface area contributed by atoms with Crippen LogP contribution in [0.3, 0.4) is 0 Å². The third kappa shape index (κ3) is 1.96. The Labute approximate surface area is 77.8 Å². The van der Waals surface area contributed by atoms with Crippen molar-refractivity contribution in [2.45, 2.75) is 13.8 Å². The van der Waals surface area contributed by atoms with Crippen molar-refractivity contribution in [1.29, 1.82) is 5.26 Å². The molecule has 0 saturated heterocycles. The molecule has 1 rings (SSSR count). The van der Waals surface area contributed by atoms with E-state index in [0.717, 1.165) is 12.3 Å². The van der Waals surface area contributed by atoms with Gasteiger partial charge in [-0.1, -0.05) is 6.92 Å². The second-order valence-electron chi connectivity index (χ2n) is 3.01. The maximum Gasteiger partial charge on any atom is 0.227 e. The van der Waals surface area contributed by atoms with E-state index in [2.05, 4.69) is 22.3 Å². The first kappa shape index (κ1) is 9.52. The molecule has 1 aliphatic heterocycles. The summed E-state index contributed by atoms with van der Waals surface area (Å²) < 4.78 is 0. The second-order valence-corrected chi connectivity index (χ2v) is 3.01. The standard InChI is InChI=1S/C8H13N5/c1-6-4-13(12-7(6)2)8(10-3)11-5-9/h6H,4H2,1-3H3,(H,10,11). The van der Waals surface area contributed by atoms with Crippen LogP contribution in [0.5, 0.6) is 0 Å². The van der Waals surface area contributed by atoms with E-state index < -0.39 is 0 Å². The molecule has 13 heavy (non-hydrogen) atoms. The van der Waals surface area contributed by atoms with Crippen LogP contribution in [0.2, 0.25) is 0 Å². The summed E-state index contributed by atoms with van der Waals surface area (Å²) in [4.78, 5) is 3.93. The zero-order valence-electron chi connectivity index (χ0n) is 8.07. The molecule has 70 valence electrons. The molecule has 1 N–H and O–H groups in total. The first-order valence-corrected chi connectivity index (χ1v) is 4.13. The molecule has 1 atom stereocenters. The van der Waals surface area contributed by atoms with E-state index in [9.17, 15) is 0 Å². The van der Waals surface area contributed by atoms with Crippen LogP contribution in [0.25, 0.3) is 0 Å². The third-order valence-corrected chi connectivity index (χ3v) is 2.06. The highest BCUT2D eigenvalue weighted by molar-refractivity contribution is 5.90. The Kier molecular flexibility index (Phi) is 2.85. The zero-order chi connectivity index (χ0) is 9.84. The van der Waals surface area contributed by atoms with Gasteiger partial charge in [0.05, 0.1) is 6.54 Å². The molecule has 1 heterocycles. The lowest BCUT2D eigenvalue weighted by molar-refractivity contribution is 0.444. The molecule has 0 amide bonds. The largest absolute Gasteiger partial charge is 0.261 e. The van der Waals surface area contributed by atoms with E-state index in [0.29, 0.717) is 11.9 Å². The van der Waals surface area contributed by atoms with Crippen molar-refractivity contribution in [2.24, 2.45) is 16.0 Å². The summed E-state index contributed by atoms with van der Waals surface area (Å²) in [5.74, 6) is 0.934. The van der Waals surface area contributed by atoms with Gasteiger partial charge in [0, 0.05) is 18.7 Å². The van der Waals surface area contributed by atoms with Crippen molar-refractivity contribution in [2.75, 3.05) is 13.6 Å². The minimum Gasteiger partial charge on any atom is -0.261 e. The van der Waals surface area contributed by atoms with Crippen molar-refractivity contribution in [3.05, 3.63) is 0 Å². The van der Waals surface area contributed by atoms with E-state index in [1.165, 1.54) is 0 Å². The molecule has 0 saturated carbocycles. The predicted molar refractivity (Wildman–Crippen MR) is 51.1 cm³/mol. The van der Waals surface area contributed by atoms with Crippen LogP contribution in [-0.2, 0) is 0 Å². The lowest BCUT2D eigenvalue weighted by Crippen LogP contribution is -2.35. The Bertz CT molecular complexity index is 285. The van der Waals surface area contributed by atoms with Crippen molar-refractivity contribution in [3.63, 3.8) is 0 Å². The summed E-state index contributed by atoms with van der Waals surface area (Å²) in [6.45, 7) is 4.86. The number of nitrogens with one attached hydrogen (secondary N) is 1. The Balaban J connectivity index is 2.70. The fourth-order valence-corrected chi connectivity index (χ4v) is 1.14. The van der Waals surface area contributed by atoms with Crippen LogP contribution in [0, 0.1) is 17.4 Å². The SMILES string of the molecule is CN=C(NC#N)N1CC(C)C(C)=N1. The van der Waals surface area contributed by atoms with Crippen LogP contribution in [0.15, 0.2) is 10.1 Å². The highest BCUT2D eigenvalue weighted by Crippen LogP contribution is 2.12. The number of nitriles is 1. The number of hydrogen-bond donors (Lipinski definition) is 1. The van der Waals surface area contributed by atoms with Crippen LogP contribution in [0.4, 0.5) is 0 Å². The predicted octanol–water partition coefficient (Wildman–Crippen LogP) is 0.370. The van der Waals surface area contributed by atoms with Gasteiger partial charge >= 0.3 is 0 Å². The van der Waals surface area contributed by atoms with Gasteiger partial charge in [0.15, 0.2) is 6.19 Å². The molecule has 0 aromatic carbocycles. The minimum absolute atomic E-state index is 0.428. The molecule has 1 unspecified atom stereocenters. The Morgan fingerprint density at radius 3 is 2.92 bits per heavy atom. The van der Waals surface area contributed by atoms with Gasteiger partial charge in [-0.15, -0.1) is 0 Å². The van der Waals surface area contributed by atoms with Crippen LogP contribution >= 0.6 is 0 Å². The summed E-state index contributed by atoms with van der Waals surface area (Å²) in [5, 5.41) is 16.9. The number of rotatable bonds is 0. The van der Waals surface area contributed by atoms with Crippen molar-refractivity contribution in [1.82, 2.24) is 10.3 Å². The van der Waals surface area contributed by atoms with Crippen molar-refractivity contribution >= 4 is 11.7 Å². The van der Waals surface area contributed by atoms with E-state index in [4.69, 9.17) is 5.26 Å². The number of hydrazone groups is 1. The summed E-state index contributed by atoms with van der Waals surface area (Å²) in [6.07, 6.45) is 1.83. The van der Waals surface area contributed by atoms with Gasteiger partial charge in [-0.3, -0.25) is 10.3 Å². The minimum atomic E-state index is 0.428. The Morgan fingerprint density at radius 2 is 2.54 bits per heavy atom. The lowest BCUT2D eigenvalue weighted by Gasteiger charge is -2.14. The van der Waals surface area contributed by atoms with Crippen molar-refractivity contribution < 1.29 is 0 Å². The summed E-state index contributed by atoms with van der Waals surface area (Å²) >= 11 is 0. The molecular formula is C8H13N5. The van der Waals surface area contributed by atoms with Gasteiger partial charge in [-0.2, -0.15) is 10.4 Å². The van der Waals surface area contributed by atoms with Gasteiger partial charge in [-0.05, 0) is 6.92 Å². The maximum absolute atomic E-state index is 8.44. The second kappa shape index (κ2) is 3.90. The fraction of sp³-hybridized carbons (Fsp3) is 0.625. The molecule has 1 aliphatic rings. The van der Waals surface area contributed by atoms with E-state index >= 15 is 0 Å². The average Bonchev–Trinajstić information content (AvgIpc) is 2.43. The van der Waals surface area contributed by atoms with Crippen LogP contribution < -0.4 is 5.32 Å². The highest BCUT2D eigenvalue weighted by atomic mass is 15.5. The molecule has 0 aromatic heterocycles. The van der Waals surface area contributed by atoms with Gasteiger partial charge < -0.3 is 0 Å². The van der Waals surface area contributed by atoms with E-state index in [1.54, 1.807) is 12.1 Å². The van der Waals surface area contributed by atoms with E-state index in [-0.39, 0.29) is 0 Å². The van der Waals surface area contributed by atoms with Crippen LogP contribution in [-0.4, -0.2) is 30.3 Å². The fourth-order valence-electron chi connectivity index (χ4n) is 1.14. The van der Waals surface area contributed by atoms with E-state index in [1.807, 2.05) is 13.1 Å². The molecular weight excluding hydrogens is 166 g/mol. The molecule has 0 spiro atoms. The summed E-state index contributed by atoms with van der Waals surface area (Å²) in [5.41, 5.74) is 1.07. The lowest BCUT2D eigenvalue weighted by atomic mass is 10.1. The van der Waals surface area contributed by atoms with Gasteiger partial charge in [0.2, 0.25) is 5.96 Å². The molecule has 0 fully saturated rings.